The van der Waals surface area contributed by atoms with Gasteiger partial charge in [0.25, 0.3) is 0 Å². The van der Waals surface area contributed by atoms with Crippen LogP contribution in [0.4, 0.5) is 10.1 Å². The Labute approximate surface area is 136 Å². The Kier molecular flexibility index (Phi) is 4.64. The minimum absolute atomic E-state index is 0.0732. The lowest BCUT2D eigenvalue weighted by Crippen LogP contribution is -2.44. The third-order valence-electron chi connectivity index (χ3n) is 5.08. The summed E-state index contributed by atoms with van der Waals surface area (Å²) in [4.78, 5) is 26.1. The fraction of sp³-hybridized carbons (Fsp3) is 0.556. The number of benzene rings is 1. The molecule has 1 saturated heterocycles. The van der Waals surface area contributed by atoms with Crippen molar-refractivity contribution in [3.05, 3.63) is 30.1 Å². The van der Waals surface area contributed by atoms with E-state index >= 15 is 0 Å². The van der Waals surface area contributed by atoms with Crippen LogP contribution in [0.2, 0.25) is 0 Å². The molecule has 1 N–H and O–H groups in total. The van der Waals surface area contributed by atoms with E-state index < -0.39 is 11.7 Å². The lowest BCUT2D eigenvalue weighted by atomic mass is 9.85. The van der Waals surface area contributed by atoms with Gasteiger partial charge in [0.15, 0.2) is 0 Å². The van der Waals surface area contributed by atoms with Crippen LogP contribution in [0.25, 0.3) is 0 Å². The molecule has 2 fully saturated rings. The second-order valence-corrected chi connectivity index (χ2v) is 6.73. The zero-order chi connectivity index (χ0) is 16.4. The Morgan fingerprint density at radius 3 is 2.74 bits per heavy atom. The second kappa shape index (κ2) is 6.69. The number of carbonyl (C=O) groups excluding carboxylic acids is 2. The number of rotatable bonds is 3. The Morgan fingerprint density at radius 1 is 1.26 bits per heavy atom. The molecule has 1 heterocycles. The number of carbonyl (C=O) groups is 2. The number of hydrogen-bond acceptors (Lipinski definition) is 2. The van der Waals surface area contributed by atoms with E-state index in [4.69, 9.17) is 0 Å². The van der Waals surface area contributed by atoms with Gasteiger partial charge in [0.05, 0.1) is 11.6 Å². The summed E-state index contributed by atoms with van der Waals surface area (Å²) in [5.41, 5.74) is 0.263. The SMILES string of the molecule is C[C@@H]1CCCC[C@H]1NC(=O)[C@H]1CC(=O)N(c2ccccc2F)C1. The molecular formula is C18H23FN2O2. The standard InChI is InChI=1S/C18H23FN2O2/c1-12-6-2-4-8-15(12)20-18(23)13-10-17(22)21(11-13)16-9-5-3-7-14(16)19/h3,5,7,9,12-13,15H,2,4,6,8,10-11H2,1H3,(H,20,23)/t12-,13+,15-/m1/s1. The molecule has 1 aliphatic carbocycles. The van der Waals surface area contributed by atoms with Gasteiger partial charge in [0, 0.05) is 19.0 Å². The predicted octanol–water partition coefficient (Wildman–Crippen LogP) is 2.87. The van der Waals surface area contributed by atoms with Gasteiger partial charge in [-0.25, -0.2) is 4.39 Å². The van der Waals surface area contributed by atoms with Crippen LogP contribution in [0.3, 0.4) is 0 Å². The first-order valence-corrected chi connectivity index (χ1v) is 8.41. The normalized spacial score (nSPS) is 28.0. The lowest BCUT2D eigenvalue weighted by Gasteiger charge is -2.30. The maximum Gasteiger partial charge on any atom is 0.227 e. The molecule has 1 aromatic carbocycles. The van der Waals surface area contributed by atoms with Gasteiger partial charge < -0.3 is 10.2 Å². The summed E-state index contributed by atoms with van der Waals surface area (Å²) in [6, 6.07) is 6.40. The van der Waals surface area contributed by atoms with Gasteiger partial charge in [0.1, 0.15) is 5.82 Å². The monoisotopic (exact) mass is 318 g/mol. The van der Waals surface area contributed by atoms with E-state index in [0.717, 1.165) is 19.3 Å². The summed E-state index contributed by atoms with van der Waals surface area (Å²) >= 11 is 0. The molecule has 0 radical (unpaired) electrons. The maximum absolute atomic E-state index is 13.9. The fourth-order valence-electron chi connectivity index (χ4n) is 3.62. The Hall–Kier alpha value is -1.91. The van der Waals surface area contributed by atoms with Crippen molar-refractivity contribution in [2.45, 2.75) is 45.1 Å². The Bertz CT molecular complexity index is 604. The van der Waals surface area contributed by atoms with Gasteiger partial charge in [-0.3, -0.25) is 9.59 Å². The summed E-state index contributed by atoms with van der Waals surface area (Å²) in [5, 5.41) is 3.11. The fourth-order valence-corrected chi connectivity index (χ4v) is 3.62. The van der Waals surface area contributed by atoms with E-state index in [1.807, 2.05) is 0 Å². The summed E-state index contributed by atoms with van der Waals surface area (Å²) in [7, 11) is 0. The molecule has 0 spiro atoms. The number of nitrogens with one attached hydrogen (secondary N) is 1. The summed E-state index contributed by atoms with van der Waals surface area (Å²) in [6.07, 6.45) is 4.65. The van der Waals surface area contributed by atoms with Gasteiger partial charge in [-0.1, -0.05) is 31.9 Å². The molecule has 1 aliphatic heterocycles. The van der Waals surface area contributed by atoms with Crippen molar-refractivity contribution in [1.82, 2.24) is 5.32 Å². The summed E-state index contributed by atoms with van der Waals surface area (Å²) < 4.78 is 13.9. The number of anilines is 1. The van der Waals surface area contributed by atoms with Crippen molar-refractivity contribution in [2.24, 2.45) is 11.8 Å². The molecular weight excluding hydrogens is 295 g/mol. The van der Waals surface area contributed by atoms with Crippen molar-refractivity contribution in [1.29, 1.82) is 0 Å². The minimum Gasteiger partial charge on any atom is -0.353 e. The molecule has 5 heteroatoms. The minimum atomic E-state index is -0.428. The molecule has 3 rings (SSSR count). The van der Waals surface area contributed by atoms with E-state index in [9.17, 15) is 14.0 Å². The van der Waals surface area contributed by atoms with Gasteiger partial charge in [-0.15, -0.1) is 0 Å². The highest BCUT2D eigenvalue weighted by atomic mass is 19.1. The molecule has 0 aromatic heterocycles. The first-order chi connectivity index (χ1) is 11.1. The number of para-hydroxylation sites is 1. The Balaban J connectivity index is 1.65. The van der Waals surface area contributed by atoms with Crippen molar-refractivity contribution in [3.63, 3.8) is 0 Å². The smallest absolute Gasteiger partial charge is 0.227 e. The van der Waals surface area contributed by atoms with Crippen LogP contribution in [0.1, 0.15) is 39.0 Å². The van der Waals surface area contributed by atoms with E-state index in [2.05, 4.69) is 12.2 Å². The van der Waals surface area contributed by atoms with Crippen LogP contribution in [-0.2, 0) is 9.59 Å². The van der Waals surface area contributed by atoms with E-state index in [-0.39, 0.29) is 36.5 Å². The maximum atomic E-state index is 13.9. The number of hydrogen-bond donors (Lipinski definition) is 1. The predicted molar refractivity (Wildman–Crippen MR) is 86.4 cm³/mol. The zero-order valence-electron chi connectivity index (χ0n) is 13.4. The van der Waals surface area contributed by atoms with Gasteiger partial charge >= 0.3 is 0 Å². The van der Waals surface area contributed by atoms with Crippen molar-refractivity contribution < 1.29 is 14.0 Å². The van der Waals surface area contributed by atoms with E-state index in [1.165, 1.54) is 17.4 Å². The molecule has 0 bridgehead atoms. The topological polar surface area (TPSA) is 49.4 Å². The molecule has 3 atom stereocenters. The van der Waals surface area contributed by atoms with Crippen molar-refractivity contribution in [3.8, 4) is 0 Å². The van der Waals surface area contributed by atoms with Crippen LogP contribution < -0.4 is 10.2 Å². The molecule has 4 nitrogen and oxygen atoms in total. The van der Waals surface area contributed by atoms with Crippen molar-refractivity contribution in [2.75, 3.05) is 11.4 Å². The zero-order valence-corrected chi connectivity index (χ0v) is 13.4. The third kappa shape index (κ3) is 3.38. The first-order valence-electron chi connectivity index (χ1n) is 8.41. The summed E-state index contributed by atoms with van der Waals surface area (Å²) in [6.45, 7) is 2.42. The van der Waals surface area contributed by atoms with Crippen molar-refractivity contribution >= 4 is 17.5 Å². The van der Waals surface area contributed by atoms with Crippen LogP contribution in [0, 0.1) is 17.7 Å². The lowest BCUT2D eigenvalue weighted by molar-refractivity contribution is -0.127. The molecule has 1 aromatic rings. The van der Waals surface area contributed by atoms with Crippen LogP contribution in [0.5, 0.6) is 0 Å². The third-order valence-corrected chi connectivity index (χ3v) is 5.08. The highest BCUT2D eigenvalue weighted by Gasteiger charge is 2.37. The average Bonchev–Trinajstić information content (AvgIpc) is 2.92. The summed E-state index contributed by atoms with van der Waals surface area (Å²) in [5.74, 6) is -0.602. The molecule has 23 heavy (non-hydrogen) atoms. The van der Waals surface area contributed by atoms with E-state index in [1.54, 1.807) is 18.2 Å². The van der Waals surface area contributed by atoms with Gasteiger partial charge in [0.2, 0.25) is 11.8 Å². The molecule has 2 amide bonds. The average molecular weight is 318 g/mol. The highest BCUT2D eigenvalue weighted by Crippen LogP contribution is 2.28. The van der Waals surface area contributed by atoms with Crippen LogP contribution in [-0.4, -0.2) is 24.4 Å². The highest BCUT2D eigenvalue weighted by molar-refractivity contribution is 6.00. The first kappa shape index (κ1) is 16.0. The number of nitrogens with zero attached hydrogens (tertiary/aromatic N) is 1. The van der Waals surface area contributed by atoms with Crippen LogP contribution >= 0.6 is 0 Å². The van der Waals surface area contributed by atoms with Gasteiger partial charge in [-0.05, 0) is 30.9 Å². The Morgan fingerprint density at radius 2 is 2.00 bits per heavy atom. The number of halogens is 1. The molecule has 1 saturated carbocycles. The van der Waals surface area contributed by atoms with Crippen LogP contribution in [0.15, 0.2) is 24.3 Å². The molecule has 2 aliphatic rings. The molecule has 0 unspecified atom stereocenters. The quantitative estimate of drug-likeness (QED) is 0.931. The molecule has 124 valence electrons. The number of amides is 2. The largest absolute Gasteiger partial charge is 0.353 e. The van der Waals surface area contributed by atoms with Gasteiger partial charge in [-0.2, -0.15) is 0 Å². The second-order valence-electron chi connectivity index (χ2n) is 6.73. The van der Waals surface area contributed by atoms with E-state index in [0.29, 0.717) is 5.92 Å².